The van der Waals surface area contributed by atoms with Gasteiger partial charge in [-0.3, -0.25) is 0 Å². The molecule has 1 aromatic carbocycles. The van der Waals surface area contributed by atoms with Crippen LogP contribution in [0.3, 0.4) is 0 Å². The van der Waals surface area contributed by atoms with Crippen LogP contribution in [-0.4, -0.2) is 17.2 Å². The zero-order valence-electron chi connectivity index (χ0n) is 10.8. The molecule has 1 heterocycles. The first-order chi connectivity index (χ1) is 8.60. The van der Waals surface area contributed by atoms with Crippen LogP contribution in [0.15, 0.2) is 24.3 Å². The Balaban J connectivity index is 2.13. The molecular formula is C14H17NO2S. The van der Waals surface area contributed by atoms with Crippen LogP contribution in [-0.2, 0) is 6.42 Å². The highest BCUT2D eigenvalue weighted by atomic mass is 32.1. The van der Waals surface area contributed by atoms with Crippen molar-refractivity contribution in [1.29, 1.82) is 0 Å². The summed E-state index contributed by atoms with van der Waals surface area (Å²) < 4.78 is 5.15. The Morgan fingerprint density at radius 1 is 1.39 bits per heavy atom. The van der Waals surface area contributed by atoms with Crippen LogP contribution in [0.2, 0.25) is 0 Å². The van der Waals surface area contributed by atoms with Gasteiger partial charge in [0.15, 0.2) is 0 Å². The van der Waals surface area contributed by atoms with E-state index in [0.717, 1.165) is 22.0 Å². The number of hydrogen-bond donors (Lipinski definition) is 1. The van der Waals surface area contributed by atoms with Gasteiger partial charge in [-0.2, -0.15) is 0 Å². The van der Waals surface area contributed by atoms with Gasteiger partial charge in [0.2, 0.25) is 0 Å². The number of nitrogens with zero attached hydrogens (tertiary/aromatic N) is 1. The van der Waals surface area contributed by atoms with Crippen LogP contribution < -0.4 is 4.74 Å². The minimum absolute atomic E-state index is 0.537. The molecule has 2 rings (SSSR count). The SMILES string of the molecule is COc1cccc(C(O)Cc2nc(C)c(C)s2)c1. The van der Waals surface area contributed by atoms with Gasteiger partial charge in [-0.1, -0.05) is 12.1 Å². The summed E-state index contributed by atoms with van der Waals surface area (Å²) in [6, 6.07) is 7.52. The molecular weight excluding hydrogens is 246 g/mol. The molecule has 0 saturated carbocycles. The van der Waals surface area contributed by atoms with Gasteiger partial charge in [0.05, 0.1) is 23.9 Å². The standard InChI is InChI=1S/C14H17NO2S/c1-9-10(2)18-14(15-9)8-13(16)11-5-4-6-12(7-11)17-3/h4-7,13,16H,8H2,1-3H3. The molecule has 0 amide bonds. The highest BCUT2D eigenvalue weighted by Gasteiger charge is 2.12. The number of rotatable bonds is 4. The van der Waals surface area contributed by atoms with Crippen LogP contribution in [0.5, 0.6) is 5.75 Å². The fraction of sp³-hybridized carbons (Fsp3) is 0.357. The lowest BCUT2D eigenvalue weighted by Crippen LogP contribution is -2.01. The first-order valence-electron chi connectivity index (χ1n) is 5.85. The summed E-state index contributed by atoms with van der Waals surface area (Å²) in [5.41, 5.74) is 1.91. The van der Waals surface area contributed by atoms with E-state index in [9.17, 15) is 5.11 Å². The quantitative estimate of drug-likeness (QED) is 0.922. The van der Waals surface area contributed by atoms with Gasteiger partial charge in [-0.25, -0.2) is 4.98 Å². The van der Waals surface area contributed by atoms with Crippen molar-refractivity contribution in [3.05, 3.63) is 45.4 Å². The van der Waals surface area contributed by atoms with E-state index in [0.29, 0.717) is 6.42 Å². The number of thiazole rings is 1. The van der Waals surface area contributed by atoms with Crippen LogP contribution >= 0.6 is 11.3 Å². The second-order valence-electron chi connectivity index (χ2n) is 4.25. The van der Waals surface area contributed by atoms with Crippen LogP contribution in [0.25, 0.3) is 0 Å². The zero-order valence-corrected chi connectivity index (χ0v) is 11.6. The van der Waals surface area contributed by atoms with Crippen molar-refractivity contribution in [2.45, 2.75) is 26.4 Å². The topological polar surface area (TPSA) is 42.4 Å². The minimum Gasteiger partial charge on any atom is -0.497 e. The first-order valence-corrected chi connectivity index (χ1v) is 6.66. The summed E-state index contributed by atoms with van der Waals surface area (Å²) in [6.07, 6.45) is 0.0111. The lowest BCUT2D eigenvalue weighted by molar-refractivity contribution is 0.178. The fourth-order valence-electron chi connectivity index (χ4n) is 1.76. The van der Waals surface area contributed by atoms with Gasteiger partial charge in [0.1, 0.15) is 5.75 Å². The average Bonchev–Trinajstić information content (AvgIpc) is 2.68. The Labute approximate surface area is 111 Å². The van der Waals surface area contributed by atoms with E-state index >= 15 is 0 Å². The van der Waals surface area contributed by atoms with E-state index in [1.165, 1.54) is 4.88 Å². The normalized spacial score (nSPS) is 12.4. The maximum Gasteiger partial charge on any atom is 0.119 e. The maximum absolute atomic E-state index is 10.2. The van der Waals surface area contributed by atoms with Crippen molar-refractivity contribution in [2.75, 3.05) is 7.11 Å². The molecule has 1 unspecified atom stereocenters. The van der Waals surface area contributed by atoms with Crippen molar-refractivity contribution in [2.24, 2.45) is 0 Å². The summed E-state index contributed by atoms with van der Waals surface area (Å²) >= 11 is 1.64. The van der Waals surface area contributed by atoms with E-state index in [-0.39, 0.29) is 0 Å². The molecule has 2 aromatic rings. The second-order valence-corrected chi connectivity index (χ2v) is 5.53. The van der Waals surface area contributed by atoms with E-state index in [4.69, 9.17) is 4.74 Å². The molecule has 0 aliphatic heterocycles. The summed E-state index contributed by atoms with van der Waals surface area (Å²) in [4.78, 5) is 5.66. The molecule has 3 nitrogen and oxygen atoms in total. The summed E-state index contributed by atoms with van der Waals surface area (Å²) in [5.74, 6) is 0.762. The van der Waals surface area contributed by atoms with Crippen LogP contribution in [0, 0.1) is 13.8 Å². The number of aryl methyl sites for hydroxylation is 2. The lowest BCUT2D eigenvalue weighted by Gasteiger charge is -2.10. The maximum atomic E-state index is 10.2. The van der Waals surface area contributed by atoms with Gasteiger partial charge in [0.25, 0.3) is 0 Å². The van der Waals surface area contributed by atoms with Crippen LogP contribution in [0.4, 0.5) is 0 Å². The molecule has 1 atom stereocenters. The molecule has 96 valence electrons. The number of methoxy groups -OCH3 is 1. The number of aliphatic hydroxyl groups excluding tert-OH is 1. The molecule has 4 heteroatoms. The number of aliphatic hydroxyl groups is 1. The fourth-order valence-corrected chi connectivity index (χ4v) is 2.73. The minimum atomic E-state index is -0.537. The molecule has 1 N–H and O–H groups in total. The summed E-state index contributed by atoms with van der Waals surface area (Å²) in [6.45, 7) is 4.04. The third kappa shape index (κ3) is 2.89. The van der Waals surface area contributed by atoms with E-state index in [2.05, 4.69) is 11.9 Å². The predicted octanol–water partition coefficient (Wildman–Crippen LogP) is 3.04. The molecule has 0 fully saturated rings. The number of hydrogen-bond acceptors (Lipinski definition) is 4. The monoisotopic (exact) mass is 263 g/mol. The third-order valence-corrected chi connectivity index (χ3v) is 4.01. The predicted molar refractivity (Wildman–Crippen MR) is 73.2 cm³/mol. The molecule has 1 aromatic heterocycles. The zero-order chi connectivity index (χ0) is 13.1. The smallest absolute Gasteiger partial charge is 0.119 e. The largest absolute Gasteiger partial charge is 0.497 e. The van der Waals surface area contributed by atoms with Crippen molar-refractivity contribution in [3.63, 3.8) is 0 Å². The molecule has 0 saturated heterocycles. The Morgan fingerprint density at radius 2 is 2.17 bits per heavy atom. The Hall–Kier alpha value is -1.39. The van der Waals surface area contributed by atoms with E-state index < -0.39 is 6.10 Å². The Kier molecular flexibility index (Phi) is 3.99. The van der Waals surface area contributed by atoms with Crippen molar-refractivity contribution >= 4 is 11.3 Å². The van der Waals surface area contributed by atoms with E-state index in [1.807, 2.05) is 31.2 Å². The third-order valence-electron chi connectivity index (χ3n) is 2.92. The lowest BCUT2D eigenvalue weighted by atomic mass is 10.1. The number of ether oxygens (including phenoxy) is 1. The Bertz CT molecular complexity index is 517. The number of aromatic nitrogens is 1. The van der Waals surface area contributed by atoms with Crippen molar-refractivity contribution in [3.8, 4) is 5.75 Å². The van der Waals surface area contributed by atoms with Gasteiger partial charge in [0, 0.05) is 11.3 Å². The molecule has 18 heavy (non-hydrogen) atoms. The highest BCUT2D eigenvalue weighted by Crippen LogP contribution is 2.25. The van der Waals surface area contributed by atoms with Crippen molar-refractivity contribution < 1.29 is 9.84 Å². The summed E-state index contributed by atoms with van der Waals surface area (Å²) in [5, 5.41) is 11.2. The number of benzene rings is 1. The van der Waals surface area contributed by atoms with Gasteiger partial charge >= 0.3 is 0 Å². The molecule has 0 spiro atoms. The molecule has 0 aliphatic carbocycles. The van der Waals surface area contributed by atoms with E-state index in [1.54, 1.807) is 18.4 Å². The summed E-state index contributed by atoms with van der Waals surface area (Å²) in [7, 11) is 1.62. The molecule has 0 radical (unpaired) electrons. The molecule has 0 aliphatic rings. The second kappa shape index (κ2) is 5.50. The van der Waals surface area contributed by atoms with Crippen molar-refractivity contribution in [1.82, 2.24) is 4.98 Å². The Morgan fingerprint density at radius 3 is 2.78 bits per heavy atom. The first kappa shape index (κ1) is 13.1. The van der Waals surface area contributed by atoms with Crippen LogP contribution in [0.1, 0.15) is 27.2 Å². The van der Waals surface area contributed by atoms with Gasteiger partial charge < -0.3 is 9.84 Å². The molecule has 0 bridgehead atoms. The van der Waals surface area contributed by atoms with Gasteiger partial charge in [-0.15, -0.1) is 11.3 Å². The highest BCUT2D eigenvalue weighted by molar-refractivity contribution is 7.11. The average molecular weight is 263 g/mol. The van der Waals surface area contributed by atoms with Gasteiger partial charge in [-0.05, 0) is 31.5 Å².